The van der Waals surface area contributed by atoms with Crippen molar-refractivity contribution in [1.29, 1.82) is 0 Å². The third kappa shape index (κ3) is 3.18. The molecule has 0 amide bonds. The lowest BCUT2D eigenvalue weighted by Gasteiger charge is -2.23. The van der Waals surface area contributed by atoms with Crippen molar-refractivity contribution < 1.29 is 4.74 Å². The van der Waals surface area contributed by atoms with Gasteiger partial charge in [-0.15, -0.1) is 0 Å². The van der Waals surface area contributed by atoms with Gasteiger partial charge < -0.3 is 4.74 Å². The zero-order valence-electron chi connectivity index (χ0n) is 21.9. The van der Waals surface area contributed by atoms with E-state index in [2.05, 4.69) is 94.1 Å². The Balaban J connectivity index is 1.32. The molecule has 6 nitrogen and oxygen atoms in total. The molecular formula is C33H25N5O. The Bertz CT molecular complexity index is 2250. The van der Waals surface area contributed by atoms with Crippen molar-refractivity contribution in [3.63, 3.8) is 0 Å². The van der Waals surface area contributed by atoms with Gasteiger partial charge in [-0.2, -0.15) is 0 Å². The molecule has 39 heavy (non-hydrogen) atoms. The second-order valence-corrected chi connectivity index (χ2v) is 11.1. The quantitative estimate of drug-likeness (QED) is 0.222. The van der Waals surface area contributed by atoms with E-state index in [1.54, 1.807) is 0 Å². The molecule has 0 saturated carbocycles. The molecule has 0 fully saturated rings. The summed E-state index contributed by atoms with van der Waals surface area (Å²) in [6.45, 7) is 6.79. The number of ether oxygens (including phenoxy) is 1. The fraction of sp³-hybridized carbons (Fsp3) is 0.121. The first-order valence-electron chi connectivity index (χ1n) is 13.1. The van der Waals surface area contributed by atoms with Gasteiger partial charge in [0.15, 0.2) is 0 Å². The van der Waals surface area contributed by atoms with Crippen molar-refractivity contribution in [2.75, 3.05) is 0 Å². The molecule has 6 heteroatoms. The van der Waals surface area contributed by atoms with Crippen LogP contribution in [0.5, 0.6) is 11.5 Å². The summed E-state index contributed by atoms with van der Waals surface area (Å²) in [5.41, 5.74) is 6.25. The number of imidazole rings is 2. The monoisotopic (exact) mass is 507 g/mol. The van der Waals surface area contributed by atoms with Gasteiger partial charge in [-0.3, -0.25) is 13.8 Å². The maximum Gasteiger partial charge on any atom is 0.145 e. The van der Waals surface area contributed by atoms with Crippen LogP contribution in [0.1, 0.15) is 26.3 Å². The molecule has 0 radical (unpaired) electrons. The van der Waals surface area contributed by atoms with Crippen molar-refractivity contribution in [3.8, 4) is 11.5 Å². The maximum absolute atomic E-state index is 6.47. The van der Waals surface area contributed by atoms with Crippen molar-refractivity contribution in [2.24, 2.45) is 0 Å². The molecule has 0 unspecified atom stereocenters. The van der Waals surface area contributed by atoms with E-state index in [0.29, 0.717) is 0 Å². The summed E-state index contributed by atoms with van der Waals surface area (Å²) in [5.74, 6) is 1.51. The predicted octanol–water partition coefficient (Wildman–Crippen LogP) is 8.08. The van der Waals surface area contributed by atoms with Crippen LogP contribution in [0.3, 0.4) is 0 Å². The summed E-state index contributed by atoms with van der Waals surface area (Å²) >= 11 is 0. The summed E-state index contributed by atoms with van der Waals surface area (Å²) in [6.07, 6.45) is 9.53. The fourth-order valence-corrected chi connectivity index (χ4v) is 5.95. The number of fused-ring (bicyclic) bond motifs is 12. The SMILES string of the molecule is CC(C)(C)c1cccc2c1c1ccc(Oc3ccc4c(c3)c3nccn3c3cccnc43)cc1c1nccn21. The first-order valence-corrected chi connectivity index (χ1v) is 13.1. The van der Waals surface area contributed by atoms with Crippen LogP contribution < -0.4 is 4.74 Å². The molecule has 0 spiro atoms. The van der Waals surface area contributed by atoms with Crippen LogP contribution in [0.2, 0.25) is 0 Å². The van der Waals surface area contributed by atoms with Gasteiger partial charge in [-0.1, -0.05) is 32.9 Å². The van der Waals surface area contributed by atoms with Gasteiger partial charge in [0.1, 0.15) is 22.8 Å². The van der Waals surface area contributed by atoms with Crippen molar-refractivity contribution in [2.45, 2.75) is 26.2 Å². The molecule has 3 aromatic carbocycles. The third-order valence-corrected chi connectivity index (χ3v) is 7.66. The Hall–Kier alpha value is -4.97. The molecule has 0 saturated heterocycles. The molecule has 0 bridgehead atoms. The summed E-state index contributed by atoms with van der Waals surface area (Å²) in [7, 11) is 0. The van der Waals surface area contributed by atoms with E-state index in [0.717, 1.165) is 55.5 Å². The van der Waals surface area contributed by atoms with Crippen molar-refractivity contribution in [1.82, 2.24) is 23.8 Å². The average Bonchev–Trinajstić information content (AvgIpc) is 3.63. The van der Waals surface area contributed by atoms with Gasteiger partial charge in [0, 0.05) is 52.5 Å². The average molecular weight is 508 g/mol. The predicted molar refractivity (Wildman–Crippen MR) is 157 cm³/mol. The molecular weight excluding hydrogens is 482 g/mol. The number of pyridine rings is 3. The smallest absolute Gasteiger partial charge is 0.145 e. The normalized spacial score (nSPS) is 12.5. The van der Waals surface area contributed by atoms with Crippen LogP contribution in [-0.2, 0) is 5.41 Å². The highest BCUT2D eigenvalue weighted by atomic mass is 16.5. The summed E-state index contributed by atoms with van der Waals surface area (Å²) in [5, 5.41) is 5.55. The highest BCUT2D eigenvalue weighted by Crippen LogP contribution is 2.39. The molecule has 5 heterocycles. The summed E-state index contributed by atoms with van der Waals surface area (Å²) < 4.78 is 10.7. The second-order valence-electron chi connectivity index (χ2n) is 11.1. The Morgan fingerprint density at radius 2 is 1.26 bits per heavy atom. The van der Waals surface area contributed by atoms with E-state index in [1.165, 1.54) is 16.3 Å². The van der Waals surface area contributed by atoms with E-state index >= 15 is 0 Å². The second kappa shape index (κ2) is 7.77. The molecule has 0 aliphatic heterocycles. The van der Waals surface area contributed by atoms with Crippen LogP contribution in [0.15, 0.2) is 97.7 Å². The molecule has 0 N–H and O–H groups in total. The molecule has 0 aliphatic carbocycles. The van der Waals surface area contributed by atoms with Crippen LogP contribution >= 0.6 is 0 Å². The van der Waals surface area contributed by atoms with Crippen LogP contribution in [0.4, 0.5) is 0 Å². The van der Waals surface area contributed by atoms with Gasteiger partial charge in [0.2, 0.25) is 0 Å². The van der Waals surface area contributed by atoms with Gasteiger partial charge in [-0.25, -0.2) is 9.97 Å². The first kappa shape index (κ1) is 22.1. The number of benzene rings is 3. The number of hydrogen-bond acceptors (Lipinski definition) is 4. The van der Waals surface area contributed by atoms with Crippen molar-refractivity contribution in [3.05, 3.63) is 103 Å². The van der Waals surface area contributed by atoms with Gasteiger partial charge in [-0.05, 0) is 71.0 Å². The van der Waals surface area contributed by atoms with Gasteiger partial charge in [0.05, 0.1) is 16.6 Å². The summed E-state index contributed by atoms with van der Waals surface area (Å²) in [6, 6.07) is 23.0. The molecule has 0 aliphatic rings. The standard InChI is InChI=1S/C33H25N5O/c1-33(2,3)26-6-4-7-27-29(26)22-11-9-20(18-24(22)31-35-14-16-37(27)31)39-21-10-12-23-25(19-21)32-36-15-17-38(32)28-8-5-13-34-30(23)28/h4-19H,1-3H3. The minimum absolute atomic E-state index is 0.00181. The molecule has 5 aromatic heterocycles. The van der Waals surface area contributed by atoms with E-state index in [-0.39, 0.29) is 5.41 Å². The lowest BCUT2D eigenvalue weighted by Crippen LogP contribution is -2.12. The Labute approximate surface area is 224 Å². The van der Waals surface area contributed by atoms with E-state index in [9.17, 15) is 0 Å². The zero-order valence-corrected chi connectivity index (χ0v) is 21.9. The molecule has 0 atom stereocenters. The van der Waals surface area contributed by atoms with Crippen LogP contribution in [0.25, 0.3) is 54.8 Å². The largest absolute Gasteiger partial charge is 0.457 e. The van der Waals surface area contributed by atoms with E-state index in [4.69, 9.17) is 9.72 Å². The molecule has 188 valence electrons. The number of nitrogens with zero attached hydrogens (tertiary/aromatic N) is 5. The van der Waals surface area contributed by atoms with Gasteiger partial charge >= 0.3 is 0 Å². The van der Waals surface area contributed by atoms with Crippen LogP contribution in [0, 0.1) is 0 Å². The lowest BCUT2D eigenvalue weighted by molar-refractivity contribution is 0.484. The highest BCUT2D eigenvalue weighted by molar-refractivity contribution is 6.14. The van der Waals surface area contributed by atoms with Crippen molar-refractivity contribution >= 4 is 54.8 Å². The molecule has 8 rings (SSSR count). The topological polar surface area (TPSA) is 56.7 Å². The Morgan fingerprint density at radius 1 is 0.615 bits per heavy atom. The minimum atomic E-state index is -0.00181. The fourth-order valence-electron chi connectivity index (χ4n) is 5.95. The Morgan fingerprint density at radius 3 is 1.97 bits per heavy atom. The lowest BCUT2D eigenvalue weighted by atomic mass is 9.83. The zero-order chi connectivity index (χ0) is 26.3. The maximum atomic E-state index is 6.47. The van der Waals surface area contributed by atoms with Crippen LogP contribution in [-0.4, -0.2) is 23.8 Å². The number of aromatic nitrogens is 5. The summed E-state index contributed by atoms with van der Waals surface area (Å²) in [4.78, 5) is 14.0. The Kier molecular flexibility index (Phi) is 4.39. The highest BCUT2D eigenvalue weighted by Gasteiger charge is 2.21. The van der Waals surface area contributed by atoms with E-state index < -0.39 is 0 Å². The number of hydrogen-bond donors (Lipinski definition) is 0. The number of rotatable bonds is 2. The third-order valence-electron chi connectivity index (χ3n) is 7.66. The van der Waals surface area contributed by atoms with E-state index in [1.807, 2.05) is 43.1 Å². The first-order chi connectivity index (χ1) is 19.0. The molecule has 8 aromatic rings. The minimum Gasteiger partial charge on any atom is -0.457 e. The van der Waals surface area contributed by atoms with Gasteiger partial charge in [0.25, 0.3) is 0 Å².